The van der Waals surface area contributed by atoms with Gasteiger partial charge in [-0.05, 0) is 18.3 Å². The summed E-state index contributed by atoms with van der Waals surface area (Å²) in [6, 6.07) is -0.607. The SMILES string of the molecule is CC(C)C(S)C(F)(F)C1OC(=O)N[C@H]1CC1CCCCC1. The maximum absolute atomic E-state index is 14.6. The molecule has 2 aliphatic rings. The molecule has 1 amide bonds. The number of hydrogen-bond donors (Lipinski definition) is 2. The van der Waals surface area contributed by atoms with Crippen LogP contribution in [0.4, 0.5) is 13.6 Å². The number of halogens is 2. The van der Waals surface area contributed by atoms with Gasteiger partial charge >= 0.3 is 6.09 Å². The lowest BCUT2D eigenvalue weighted by Crippen LogP contribution is -2.51. The van der Waals surface area contributed by atoms with Gasteiger partial charge in [0.1, 0.15) is 0 Å². The fraction of sp³-hybridized carbons (Fsp3) is 0.933. The number of rotatable bonds is 5. The molecule has 1 saturated carbocycles. The van der Waals surface area contributed by atoms with Gasteiger partial charge in [-0.2, -0.15) is 12.6 Å². The fourth-order valence-corrected chi connectivity index (χ4v) is 3.53. The van der Waals surface area contributed by atoms with Crippen LogP contribution in [0.25, 0.3) is 0 Å². The highest BCUT2D eigenvalue weighted by Crippen LogP contribution is 2.39. The molecule has 0 bridgehead atoms. The molecule has 2 unspecified atom stereocenters. The first-order valence-electron chi connectivity index (χ1n) is 7.85. The number of carbonyl (C=O) groups is 1. The van der Waals surface area contributed by atoms with E-state index in [0.717, 1.165) is 25.7 Å². The van der Waals surface area contributed by atoms with Gasteiger partial charge in [-0.3, -0.25) is 0 Å². The average molecular weight is 321 g/mol. The van der Waals surface area contributed by atoms with E-state index in [1.807, 2.05) is 0 Å². The highest BCUT2D eigenvalue weighted by Gasteiger charge is 2.55. The molecule has 2 rings (SSSR count). The molecule has 21 heavy (non-hydrogen) atoms. The van der Waals surface area contributed by atoms with Crippen LogP contribution in [0.3, 0.4) is 0 Å². The van der Waals surface area contributed by atoms with Crippen LogP contribution >= 0.6 is 12.6 Å². The summed E-state index contributed by atoms with van der Waals surface area (Å²) < 4.78 is 34.0. The summed E-state index contributed by atoms with van der Waals surface area (Å²) >= 11 is 4.05. The van der Waals surface area contributed by atoms with Crippen molar-refractivity contribution in [1.29, 1.82) is 0 Å². The van der Waals surface area contributed by atoms with Crippen molar-refractivity contribution in [2.75, 3.05) is 0 Å². The molecule has 3 nitrogen and oxygen atoms in total. The molecule has 2 fully saturated rings. The number of hydrogen-bond acceptors (Lipinski definition) is 3. The molecule has 1 saturated heterocycles. The monoisotopic (exact) mass is 321 g/mol. The normalized spacial score (nSPS) is 29.3. The highest BCUT2D eigenvalue weighted by atomic mass is 32.1. The molecular formula is C15H25F2NO2S. The Hall–Kier alpha value is -0.520. The third kappa shape index (κ3) is 3.82. The molecule has 0 aromatic rings. The number of nitrogens with one attached hydrogen (secondary N) is 1. The second-order valence-corrected chi connectivity index (χ2v) is 7.24. The number of amides is 1. The molecule has 0 aromatic carbocycles. The minimum atomic E-state index is -3.13. The summed E-state index contributed by atoms with van der Waals surface area (Å²) in [6.45, 7) is 3.40. The average Bonchev–Trinajstić information content (AvgIpc) is 2.80. The third-order valence-corrected chi connectivity index (χ3v) is 5.56. The zero-order chi connectivity index (χ0) is 15.6. The molecule has 0 radical (unpaired) electrons. The van der Waals surface area contributed by atoms with E-state index in [0.29, 0.717) is 12.3 Å². The molecule has 122 valence electrons. The first kappa shape index (κ1) is 16.8. The van der Waals surface area contributed by atoms with E-state index in [1.165, 1.54) is 6.42 Å². The van der Waals surface area contributed by atoms with Crippen LogP contribution in [0.2, 0.25) is 0 Å². The molecule has 1 aliphatic carbocycles. The summed E-state index contributed by atoms with van der Waals surface area (Å²) in [5.41, 5.74) is 0. The number of alkyl halides is 2. The standard InChI is InChI=1S/C15H25F2NO2S/c1-9(2)13(21)15(16,17)12-11(18-14(19)20-12)8-10-6-4-3-5-7-10/h9-13,21H,3-8H2,1-2H3,(H,18,19)/t11-,12?,13?/m0/s1. The van der Waals surface area contributed by atoms with Crippen molar-refractivity contribution in [2.24, 2.45) is 11.8 Å². The Labute approximate surface area is 130 Å². The highest BCUT2D eigenvalue weighted by molar-refractivity contribution is 7.81. The Kier molecular flexibility index (Phi) is 5.38. The Morgan fingerprint density at radius 1 is 1.33 bits per heavy atom. The smallest absolute Gasteiger partial charge is 0.408 e. The summed E-state index contributed by atoms with van der Waals surface area (Å²) in [7, 11) is 0. The summed E-state index contributed by atoms with van der Waals surface area (Å²) in [5, 5.41) is 1.45. The lowest BCUT2D eigenvalue weighted by Gasteiger charge is -2.33. The molecule has 0 spiro atoms. The largest absolute Gasteiger partial charge is 0.438 e. The third-order valence-electron chi connectivity index (χ3n) is 4.62. The van der Waals surface area contributed by atoms with E-state index >= 15 is 0 Å². The van der Waals surface area contributed by atoms with Gasteiger partial charge in [-0.25, -0.2) is 13.6 Å². The number of carbonyl (C=O) groups excluding carboxylic acids is 1. The maximum Gasteiger partial charge on any atom is 0.408 e. The molecular weight excluding hydrogens is 296 g/mol. The number of cyclic esters (lactones) is 1. The Morgan fingerprint density at radius 3 is 2.52 bits per heavy atom. The van der Waals surface area contributed by atoms with Crippen LogP contribution in [0, 0.1) is 11.8 Å². The van der Waals surface area contributed by atoms with E-state index < -0.39 is 29.4 Å². The van der Waals surface area contributed by atoms with Crippen LogP contribution in [0.15, 0.2) is 0 Å². The van der Waals surface area contributed by atoms with Crippen molar-refractivity contribution < 1.29 is 18.3 Å². The van der Waals surface area contributed by atoms with Gasteiger partial charge in [0.15, 0.2) is 6.10 Å². The van der Waals surface area contributed by atoms with E-state index in [-0.39, 0.29) is 5.92 Å². The van der Waals surface area contributed by atoms with Gasteiger partial charge < -0.3 is 10.1 Å². The van der Waals surface area contributed by atoms with Gasteiger partial charge in [0, 0.05) is 0 Å². The molecule has 6 heteroatoms. The van der Waals surface area contributed by atoms with Crippen LogP contribution in [-0.4, -0.2) is 29.4 Å². The minimum absolute atomic E-state index is 0.294. The first-order valence-corrected chi connectivity index (χ1v) is 8.37. The van der Waals surface area contributed by atoms with Crippen molar-refractivity contribution in [3.05, 3.63) is 0 Å². The van der Waals surface area contributed by atoms with E-state index in [9.17, 15) is 13.6 Å². The van der Waals surface area contributed by atoms with E-state index in [2.05, 4.69) is 17.9 Å². The van der Waals surface area contributed by atoms with Crippen molar-refractivity contribution in [3.63, 3.8) is 0 Å². The Morgan fingerprint density at radius 2 is 1.95 bits per heavy atom. The predicted octanol–water partition coefficient (Wildman–Crippen LogP) is 4.02. The van der Waals surface area contributed by atoms with Gasteiger partial charge in [0.05, 0.1) is 11.3 Å². The fourth-order valence-electron chi connectivity index (χ4n) is 3.38. The van der Waals surface area contributed by atoms with Gasteiger partial charge in [0.25, 0.3) is 5.92 Å². The summed E-state index contributed by atoms with van der Waals surface area (Å²) in [4.78, 5) is 11.5. The van der Waals surface area contributed by atoms with E-state index in [4.69, 9.17) is 4.74 Å². The van der Waals surface area contributed by atoms with Gasteiger partial charge in [-0.1, -0.05) is 46.0 Å². The zero-order valence-corrected chi connectivity index (χ0v) is 13.5. The van der Waals surface area contributed by atoms with Crippen molar-refractivity contribution >= 4 is 18.7 Å². The Balaban J connectivity index is 2.06. The van der Waals surface area contributed by atoms with Crippen molar-refractivity contribution in [2.45, 2.75) is 75.7 Å². The van der Waals surface area contributed by atoms with Crippen LogP contribution in [-0.2, 0) is 4.74 Å². The minimum Gasteiger partial charge on any atom is -0.438 e. The molecule has 1 N–H and O–H groups in total. The second-order valence-electron chi connectivity index (χ2n) is 6.68. The maximum atomic E-state index is 14.6. The molecule has 1 heterocycles. The molecule has 0 aromatic heterocycles. The predicted molar refractivity (Wildman–Crippen MR) is 80.9 cm³/mol. The molecule has 3 atom stereocenters. The lowest BCUT2D eigenvalue weighted by molar-refractivity contribution is -0.112. The van der Waals surface area contributed by atoms with Crippen LogP contribution in [0.5, 0.6) is 0 Å². The molecule has 1 aliphatic heterocycles. The topological polar surface area (TPSA) is 38.3 Å². The number of ether oxygens (including phenoxy) is 1. The van der Waals surface area contributed by atoms with Crippen molar-refractivity contribution in [3.8, 4) is 0 Å². The van der Waals surface area contributed by atoms with Crippen LogP contribution in [0.1, 0.15) is 52.4 Å². The zero-order valence-electron chi connectivity index (χ0n) is 12.6. The van der Waals surface area contributed by atoms with Gasteiger partial charge in [-0.15, -0.1) is 0 Å². The summed E-state index contributed by atoms with van der Waals surface area (Å²) in [5.74, 6) is -3.02. The van der Waals surface area contributed by atoms with Gasteiger partial charge in [0.2, 0.25) is 0 Å². The first-order chi connectivity index (χ1) is 9.82. The Bertz CT molecular complexity index is 373. The number of alkyl carbamates (subject to hydrolysis) is 1. The van der Waals surface area contributed by atoms with Crippen molar-refractivity contribution in [1.82, 2.24) is 5.32 Å². The number of thiol groups is 1. The summed E-state index contributed by atoms with van der Waals surface area (Å²) in [6.07, 6.45) is 4.06. The van der Waals surface area contributed by atoms with Crippen LogP contribution < -0.4 is 5.32 Å². The quantitative estimate of drug-likeness (QED) is 0.751. The lowest BCUT2D eigenvalue weighted by atomic mass is 9.82. The van der Waals surface area contributed by atoms with E-state index in [1.54, 1.807) is 13.8 Å². The second kappa shape index (κ2) is 6.71.